The van der Waals surface area contributed by atoms with Crippen LogP contribution in [-0.4, -0.2) is 42.5 Å². The van der Waals surface area contributed by atoms with Gasteiger partial charge < -0.3 is 19.7 Å². The fraction of sp³-hybridized carbons (Fsp3) is 0.440. The minimum atomic E-state index is -0.568. The van der Waals surface area contributed by atoms with Crippen molar-refractivity contribution in [3.8, 4) is 11.5 Å². The van der Waals surface area contributed by atoms with E-state index in [1.807, 2.05) is 52.0 Å². The van der Waals surface area contributed by atoms with Crippen LogP contribution in [0, 0.1) is 6.92 Å². The van der Waals surface area contributed by atoms with Crippen molar-refractivity contribution in [1.82, 2.24) is 10.2 Å². The van der Waals surface area contributed by atoms with Gasteiger partial charge in [0, 0.05) is 12.6 Å². The normalized spacial score (nSPS) is 12.5. The summed E-state index contributed by atoms with van der Waals surface area (Å²) in [5.41, 5.74) is 2.09. The maximum atomic E-state index is 13.2. The van der Waals surface area contributed by atoms with E-state index >= 15 is 0 Å². The molecule has 0 saturated carbocycles. The van der Waals surface area contributed by atoms with Crippen molar-refractivity contribution >= 4 is 11.8 Å². The van der Waals surface area contributed by atoms with Crippen LogP contribution in [0.4, 0.5) is 0 Å². The largest absolute Gasteiger partial charge is 0.497 e. The molecule has 2 aromatic carbocycles. The molecule has 168 valence electrons. The number of carbonyl (C=O) groups is 2. The third-order valence-corrected chi connectivity index (χ3v) is 5.24. The second-order valence-electron chi connectivity index (χ2n) is 7.72. The molecule has 0 aliphatic rings. The minimum Gasteiger partial charge on any atom is -0.497 e. The first-order valence-electron chi connectivity index (χ1n) is 10.8. The highest BCUT2D eigenvalue weighted by Crippen LogP contribution is 2.18. The van der Waals surface area contributed by atoms with E-state index in [0.717, 1.165) is 17.5 Å². The summed E-state index contributed by atoms with van der Waals surface area (Å²) in [5, 5.41) is 3.01. The highest BCUT2D eigenvalue weighted by atomic mass is 16.5. The van der Waals surface area contributed by atoms with Crippen LogP contribution in [-0.2, 0) is 16.1 Å². The Labute approximate surface area is 185 Å². The van der Waals surface area contributed by atoms with Gasteiger partial charge in [0.05, 0.1) is 7.11 Å². The Morgan fingerprint density at radius 1 is 1.03 bits per heavy atom. The van der Waals surface area contributed by atoms with Gasteiger partial charge in [-0.3, -0.25) is 9.59 Å². The number of benzene rings is 2. The first-order chi connectivity index (χ1) is 14.9. The van der Waals surface area contributed by atoms with Crippen LogP contribution in [0.2, 0.25) is 0 Å². The van der Waals surface area contributed by atoms with Crippen LogP contribution in [0.15, 0.2) is 48.5 Å². The molecule has 2 atom stereocenters. The lowest BCUT2D eigenvalue weighted by Crippen LogP contribution is -2.51. The Balaban J connectivity index is 2.19. The zero-order valence-corrected chi connectivity index (χ0v) is 19.2. The third kappa shape index (κ3) is 7.31. The summed E-state index contributed by atoms with van der Waals surface area (Å²) in [4.78, 5) is 27.7. The van der Waals surface area contributed by atoms with Gasteiger partial charge in [0.2, 0.25) is 5.91 Å². The quantitative estimate of drug-likeness (QED) is 0.587. The Morgan fingerprint density at radius 2 is 1.71 bits per heavy atom. The van der Waals surface area contributed by atoms with Gasteiger partial charge in [-0.05, 0) is 56.5 Å². The number of carbonyl (C=O) groups excluding carboxylic acids is 2. The number of nitrogens with zero attached hydrogens (tertiary/aromatic N) is 1. The number of hydrogen-bond donors (Lipinski definition) is 1. The Kier molecular flexibility index (Phi) is 9.38. The molecule has 0 bridgehead atoms. The van der Waals surface area contributed by atoms with Crippen LogP contribution in [0.25, 0.3) is 0 Å². The molecule has 0 unspecified atom stereocenters. The molecule has 0 radical (unpaired) electrons. The van der Waals surface area contributed by atoms with Gasteiger partial charge in [-0.25, -0.2) is 0 Å². The lowest BCUT2D eigenvalue weighted by molar-refractivity contribution is -0.143. The van der Waals surface area contributed by atoms with Crippen LogP contribution in [0.1, 0.15) is 44.7 Å². The molecule has 6 heteroatoms. The van der Waals surface area contributed by atoms with Gasteiger partial charge in [0.15, 0.2) is 6.61 Å². The topological polar surface area (TPSA) is 67.9 Å². The summed E-state index contributed by atoms with van der Waals surface area (Å²) in [7, 11) is 1.60. The first-order valence-corrected chi connectivity index (χ1v) is 10.8. The standard InChI is InChI=1S/C25H34N2O4/c1-6-19(4)26-25(29)23(7-2)27(16-20-10-8-9-18(3)15-20)24(28)17-31-22-13-11-21(30-5)12-14-22/h8-15,19,23H,6-7,16-17H2,1-5H3,(H,26,29)/t19-,23-/m1/s1. The smallest absolute Gasteiger partial charge is 0.261 e. The van der Waals surface area contributed by atoms with E-state index in [1.165, 1.54) is 0 Å². The average molecular weight is 427 g/mol. The predicted octanol–water partition coefficient (Wildman–Crippen LogP) is 4.10. The van der Waals surface area contributed by atoms with Crippen molar-refractivity contribution in [3.63, 3.8) is 0 Å². The predicted molar refractivity (Wildman–Crippen MR) is 122 cm³/mol. The van der Waals surface area contributed by atoms with E-state index in [2.05, 4.69) is 5.32 Å². The molecule has 0 fully saturated rings. The van der Waals surface area contributed by atoms with Gasteiger partial charge in [0.1, 0.15) is 17.5 Å². The van der Waals surface area contributed by atoms with Gasteiger partial charge in [0.25, 0.3) is 5.91 Å². The third-order valence-electron chi connectivity index (χ3n) is 5.24. The van der Waals surface area contributed by atoms with E-state index in [9.17, 15) is 9.59 Å². The minimum absolute atomic E-state index is 0.0491. The number of methoxy groups -OCH3 is 1. The summed E-state index contributed by atoms with van der Waals surface area (Å²) >= 11 is 0. The zero-order chi connectivity index (χ0) is 22.8. The molecule has 0 aliphatic heterocycles. The fourth-order valence-electron chi connectivity index (χ4n) is 3.27. The number of rotatable bonds is 11. The molecule has 6 nitrogen and oxygen atoms in total. The van der Waals surface area contributed by atoms with Crippen molar-refractivity contribution in [2.45, 2.75) is 59.2 Å². The van der Waals surface area contributed by atoms with E-state index in [0.29, 0.717) is 24.5 Å². The van der Waals surface area contributed by atoms with Crippen molar-refractivity contribution in [2.75, 3.05) is 13.7 Å². The lowest BCUT2D eigenvalue weighted by Gasteiger charge is -2.31. The number of nitrogens with one attached hydrogen (secondary N) is 1. The van der Waals surface area contributed by atoms with Crippen molar-refractivity contribution in [3.05, 3.63) is 59.7 Å². The van der Waals surface area contributed by atoms with Gasteiger partial charge in [-0.2, -0.15) is 0 Å². The second kappa shape index (κ2) is 12.0. The Morgan fingerprint density at radius 3 is 2.29 bits per heavy atom. The Hall–Kier alpha value is -3.02. The van der Waals surface area contributed by atoms with Crippen molar-refractivity contribution in [2.24, 2.45) is 0 Å². The molecular formula is C25H34N2O4. The molecule has 0 aromatic heterocycles. The lowest BCUT2D eigenvalue weighted by atomic mass is 10.1. The molecule has 1 N–H and O–H groups in total. The Bertz CT molecular complexity index is 851. The maximum absolute atomic E-state index is 13.2. The van der Waals surface area contributed by atoms with E-state index in [1.54, 1.807) is 36.3 Å². The summed E-state index contributed by atoms with van der Waals surface area (Å²) in [6.45, 7) is 8.11. The number of hydrogen-bond acceptors (Lipinski definition) is 4. The molecule has 2 aromatic rings. The summed E-state index contributed by atoms with van der Waals surface area (Å²) < 4.78 is 10.9. The summed E-state index contributed by atoms with van der Waals surface area (Å²) in [6.07, 6.45) is 1.34. The molecule has 2 rings (SSSR count). The number of aryl methyl sites for hydroxylation is 1. The molecular weight excluding hydrogens is 392 g/mol. The van der Waals surface area contributed by atoms with E-state index in [4.69, 9.17) is 9.47 Å². The fourth-order valence-corrected chi connectivity index (χ4v) is 3.27. The average Bonchev–Trinajstić information content (AvgIpc) is 2.77. The summed E-state index contributed by atoms with van der Waals surface area (Å²) in [6, 6.07) is 14.5. The highest BCUT2D eigenvalue weighted by Gasteiger charge is 2.29. The molecule has 0 spiro atoms. The van der Waals surface area contributed by atoms with Crippen LogP contribution in [0.5, 0.6) is 11.5 Å². The maximum Gasteiger partial charge on any atom is 0.261 e. The molecule has 0 aliphatic carbocycles. The van der Waals surface area contributed by atoms with Crippen LogP contribution < -0.4 is 14.8 Å². The first kappa shape index (κ1) is 24.3. The summed E-state index contributed by atoms with van der Waals surface area (Å²) in [5.74, 6) is 0.917. The van der Waals surface area contributed by atoms with Crippen molar-refractivity contribution in [1.29, 1.82) is 0 Å². The van der Waals surface area contributed by atoms with Crippen LogP contribution in [0.3, 0.4) is 0 Å². The van der Waals surface area contributed by atoms with Gasteiger partial charge in [-0.1, -0.05) is 43.7 Å². The van der Waals surface area contributed by atoms with Gasteiger partial charge in [-0.15, -0.1) is 0 Å². The number of amides is 2. The van der Waals surface area contributed by atoms with Gasteiger partial charge >= 0.3 is 0 Å². The van der Waals surface area contributed by atoms with Crippen molar-refractivity contribution < 1.29 is 19.1 Å². The molecule has 31 heavy (non-hydrogen) atoms. The number of ether oxygens (including phenoxy) is 2. The molecule has 0 heterocycles. The highest BCUT2D eigenvalue weighted by molar-refractivity contribution is 5.88. The second-order valence-corrected chi connectivity index (χ2v) is 7.72. The van der Waals surface area contributed by atoms with E-state index in [-0.39, 0.29) is 24.5 Å². The van der Waals surface area contributed by atoms with Crippen LogP contribution >= 0.6 is 0 Å². The SMILES string of the molecule is CC[C@@H](C)NC(=O)[C@@H](CC)N(Cc1cccc(C)c1)C(=O)COc1ccc(OC)cc1. The molecule has 0 saturated heterocycles. The monoisotopic (exact) mass is 426 g/mol. The molecule has 2 amide bonds. The zero-order valence-electron chi connectivity index (χ0n) is 19.2. The van der Waals surface area contributed by atoms with E-state index < -0.39 is 6.04 Å².